The van der Waals surface area contributed by atoms with Crippen LogP contribution in [-0.2, 0) is 0 Å². The quantitative estimate of drug-likeness (QED) is 0.436. The van der Waals surface area contributed by atoms with E-state index in [0.717, 1.165) is 35.6 Å². The third kappa shape index (κ3) is 11.6. The molecule has 26 heavy (non-hydrogen) atoms. The molecule has 0 aromatic heterocycles. The molecule has 5 atom stereocenters. The maximum atomic E-state index is 2.66. The zero-order valence-corrected chi connectivity index (χ0v) is 20.7. The average Bonchev–Trinajstić information content (AvgIpc) is 2.92. The minimum absolute atomic E-state index is 0.711. The second kappa shape index (κ2) is 16.0. The number of rotatable bonds is 7. The summed E-state index contributed by atoms with van der Waals surface area (Å²) in [5, 5.41) is 0. The van der Waals surface area contributed by atoms with Gasteiger partial charge in [-0.2, -0.15) is 0 Å². The summed E-state index contributed by atoms with van der Waals surface area (Å²) >= 11 is 0. The van der Waals surface area contributed by atoms with E-state index in [1.807, 2.05) is 0 Å². The Morgan fingerprint density at radius 3 is 1.50 bits per heavy atom. The molecule has 1 fully saturated rings. The van der Waals surface area contributed by atoms with Crippen molar-refractivity contribution >= 4 is 0 Å². The van der Waals surface area contributed by atoms with Gasteiger partial charge in [-0.05, 0) is 62.8 Å². The highest BCUT2D eigenvalue weighted by atomic mass is 15.2. The predicted octanol–water partition coefficient (Wildman–Crippen LogP) is 8.28. The van der Waals surface area contributed by atoms with Crippen LogP contribution in [0, 0.1) is 29.6 Å². The summed E-state index contributed by atoms with van der Waals surface area (Å²) in [5.41, 5.74) is 0. The first-order valence-electron chi connectivity index (χ1n) is 11.8. The SMILES string of the molecule is CCC(C)C(C)C(C)C.CCCC.CCN(C(C)C)C1CC(C)CC1C. The largest absolute Gasteiger partial charge is 0.298 e. The van der Waals surface area contributed by atoms with Crippen molar-refractivity contribution < 1.29 is 0 Å². The van der Waals surface area contributed by atoms with E-state index in [1.165, 1.54) is 38.6 Å². The van der Waals surface area contributed by atoms with Gasteiger partial charge >= 0.3 is 0 Å². The Bertz CT molecular complexity index is 295. The minimum atomic E-state index is 0.711. The van der Waals surface area contributed by atoms with E-state index in [9.17, 15) is 0 Å². The minimum Gasteiger partial charge on any atom is -0.298 e. The molecule has 1 saturated carbocycles. The van der Waals surface area contributed by atoms with E-state index in [1.54, 1.807) is 0 Å². The molecule has 1 rings (SSSR count). The van der Waals surface area contributed by atoms with E-state index in [-0.39, 0.29) is 0 Å². The lowest BCUT2D eigenvalue weighted by Gasteiger charge is -2.34. The summed E-state index contributed by atoms with van der Waals surface area (Å²) in [6.45, 7) is 28.9. The molecule has 160 valence electrons. The van der Waals surface area contributed by atoms with Crippen molar-refractivity contribution in [2.75, 3.05) is 6.54 Å². The third-order valence-electron chi connectivity index (χ3n) is 6.62. The van der Waals surface area contributed by atoms with Crippen LogP contribution in [0.1, 0.15) is 115 Å². The molecule has 0 aromatic carbocycles. The van der Waals surface area contributed by atoms with E-state index in [0.29, 0.717) is 6.04 Å². The van der Waals surface area contributed by atoms with Gasteiger partial charge in [-0.15, -0.1) is 0 Å². The van der Waals surface area contributed by atoms with Gasteiger partial charge in [-0.3, -0.25) is 4.90 Å². The number of hydrogen-bond acceptors (Lipinski definition) is 1. The van der Waals surface area contributed by atoms with Gasteiger partial charge in [0.2, 0.25) is 0 Å². The van der Waals surface area contributed by atoms with E-state index in [2.05, 4.69) is 88.0 Å². The summed E-state index contributed by atoms with van der Waals surface area (Å²) in [6, 6.07) is 1.56. The number of unbranched alkanes of at least 4 members (excludes halogenated alkanes) is 1. The Morgan fingerprint density at radius 1 is 0.808 bits per heavy atom. The fourth-order valence-corrected chi connectivity index (χ4v) is 4.01. The molecule has 1 heteroatoms. The van der Waals surface area contributed by atoms with Crippen LogP contribution in [0.25, 0.3) is 0 Å². The first-order chi connectivity index (χ1) is 12.1. The molecular weight excluding hydrogens is 314 g/mol. The van der Waals surface area contributed by atoms with Crippen molar-refractivity contribution in [2.24, 2.45) is 29.6 Å². The highest BCUT2D eigenvalue weighted by molar-refractivity contribution is 4.87. The van der Waals surface area contributed by atoms with Crippen LogP contribution in [0.5, 0.6) is 0 Å². The molecule has 1 aliphatic rings. The van der Waals surface area contributed by atoms with Gasteiger partial charge < -0.3 is 0 Å². The number of hydrogen-bond donors (Lipinski definition) is 0. The number of nitrogens with zero attached hydrogens (tertiary/aromatic N) is 1. The molecule has 0 aliphatic heterocycles. The van der Waals surface area contributed by atoms with Crippen LogP contribution < -0.4 is 0 Å². The molecule has 0 aromatic rings. The summed E-state index contributed by atoms with van der Waals surface area (Å²) < 4.78 is 0. The van der Waals surface area contributed by atoms with E-state index < -0.39 is 0 Å². The molecule has 0 heterocycles. The zero-order chi connectivity index (χ0) is 20.9. The van der Waals surface area contributed by atoms with Gasteiger partial charge in [-0.25, -0.2) is 0 Å². The van der Waals surface area contributed by atoms with Crippen LogP contribution in [0.3, 0.4) is 0 Å². The van der Waals surface area contributed by atoms with E-state index in [4.69, 9.17) is 0 Å². The summed E-state index contributed by atoms with van der Waals surface area (Å²) in [7, 11) is 0. The van der Waals surface area contributed by atoms with Gasteiger partial charge in [0.05, 0.1) is 0 Å². The molecule has 0 amide bonds. The molecule has 5 unspecified atom stereocenters. The Morgan fingerprint density at radius 2 is 1.31 bits per heavy atom. The van der Waals surface area contributed by atoms with Crippen LogP contribution in [-0.4, -0.2) is 23.5 Å². The second-order valence-corrected chi connectivity index (χ2v) is 9.53. The van der Waals surface area contributed by atoms with Gasteiger partial charge in [0.25, 0.3) is 0 Å². The van der Waals surface area contributed by atoms with Crippen molar-refractivity contribution in [1.29, 1.82) is 0 Å². The van der Waals surface area contributed by atoms with Crippen LogP contribution in [0.15, 0.2) is 0 Å². The van der Waals surface area contributed by atoms with Crippen molar-refractivity contribution in [2.45, 2.75) is 127 Å². The third-order valence-corrected chi connectivity index (χ3v) is 6.62. The van der Waals surface area contributed by atoms with Crippen LogP contribution in [0.2, 0.25) is 0 Å². The summed E-state index contributed by atoms with van der Waals surface area (Å²) in [5.74, 6) is 4.46. The summed E-state index contributed by atoms with van der Waals surface area (Å²) in [4.78, 5) is 2.66. The summed E-state index contributed by atoms with van der Waals surface area (Å²) in [6.07, 6.45) is 6.79. The molecule has 0 N–H and O–H groups in total. The molecule has 1 aliphatic carbocycles. The first kappa shape index (κ1) is 28.2. The van der Waals surface area contributed by atoms with Gasteiger partial charge in [0, 0.05) is 12.1 Å². The molecular formula is C25H55N. The lowest BCUT2D eigenvalue weighted by molar-refractivity contribution is 0.135. The average molecular weight is 370 g/mol. The fourth-order valence-electron chi connectivity index (χ4n) is 4.01. The van der Waals surface area contributed by atoms with Gasteiger partial charge in [0.1, 0.15) is 0 Å². The van der Waals surface area contributed by atoms with Crippen LogP contribution >= 0.6 is 0 Å². The Kier molecular flexibility index (Phi) is 17.3. The molecule has 0 radical (unpaired) electrons. The first-order valence-corrected chi connectivity index (χ1v) is 11.8. The van der Waals surface area contributed by atoms with Gasteiger partial charge in [0.15, 0.2) is 0 Å². The normalized spacial score (nSPS) is 24.8. The Labute approximate surface area is 168 Å². The molecule has 0 spiro atoms. The zero-order valence-electron chi connectivity index (χ0n) is 20.7. The second-order valence-electron chi connectivity index (χ2n) is 9.53. The predicted molar refractivity (Wildman–Crippen MR) is 123 cm³/mol. The smallest absolute Gasteiger partial charge is 0.0126 e. The maximum absolute atomic E-state index is 2.66. The molecule has 0 saturated heterocycles. The van der Waals surface area contributed by atoms with Crippen molar-refractivity contribution in [1.82, 2.24) is 4.90 Å². The van der Waals surface area contributed by atoms with E-state index >= 15 is 0 Å². The van der Waals surface area contributed by atoms with Crippen molar-refractivity contribution in [3.63, 3.8) is 0 Å². The Balaban J connectivity index is 0. The standard InChI is InChI=1S/C12H25N.C9H20.C4H10/c1-6-13(9(2)3)12-8-10(4)7-11(12)5;1-6-8(4)9(5)7(2)3;1-3-4-2/h9-12H,6-8H2,1-5H3;7-9H,6H2,1-5H3;3-4H2,1-2H3. The fraction of sp³-hybridized carbons (Fsp3) is 1.00. The topological polar surface area (TPSA) is 3.24 Å². The molecule has 0 bridgehead atoms. The molecule has 1 nitrogen and oxygen atoms in total. The lowest BCUT2D eigenvalue weighted by atomic mass is 9.85. The van der Waals surface area contributed by atoms with Crippen LogP contribution in [0.4, 0.5) is 0 Å². The monoisotopic (exact) mass is 369 g/mol. The van der Waals surface area contributed by atoms with Gasteiger partial charge in [-0.1, -0.05) is 88.5 Å². The Hall–Kier alpha value is -0.0400. The lowest BCUT2D eigenvalue weighted by Crippen LogP contribution is -2.41. The maximum Gasteiger partial charge on any atom is 0.0126 e. The van der Waals surface area contributed by atoms with Crippen molar-refractivity contribution in [3.05, 3.63) is 0 Å². The highest BCUT2D eigenvalue weighted by Crippen LogP contribution is 2.34. The highest BCUT2D eigenvalue weighted by Gasteiger charge is 2.33. The van der Waals surface area contributed by atoms with Crippen molar-refractivity contribution in [3.8, 4) is 0 Å².